The molecule has 0 radical (unpaired) electrons. The van der Waals surface area contributed by atoms with Crippen LogP contribution in [0.2, 0.25) is 5.02 Å². The average Bonchev–Trinajstić information content (AvgIpc) is 3.78. The number of aliphatic hydroxyl groups is 1. The fourth-order valence-electron chi connectivity index (χ4n) is 7.13. The van der Waals surface area contributed by atoms with E-state index in [-0.39, 0.29) is 18.9 Å². The molecule has 0 saturated carbocycles. The van der Waals surface area contributed by atoms with Crippen molar-refractivity contribution >= 4 is 46.6 Å². The number of ether oxygens (including phenoxy) is 4. The van der Waals surface area contributed by atoms with Crippen molar-refractivity contribution in [3.63, 3.8) is 0 Å². The molecule has 0 spiro atoms. The van der Waals surface area contributed by atoms with Crippen LogP contribution in [-0.2, 0) is 41.1 Å². The minimum atomic E-state index is -4.89. The molecule has 2 saturated heterocycles. The summed E-state index contributed by atoms with van der Waals surface area (Å²) in [7, 11) is 2.91. The highest BCUT2D eigenvalue weighted by atomic mass is 35.5. The standard InChI is InChI=1S/C37H41ClF3N3O10/c1-19-8-7-9-28(51-6)36(48)17-27(52-31(46)18-36)21(3)33-35(4,54-33)29(16-30(45)43(5)26-14-22(12-19)13-20(2)32(26)38)53-34(47)42-24-11-10-23(37(39,40)41)15-25(24)44(49)50/h7-11,13-15,21,27-29,33,48H,12,16-18H2,1-6H3,(H,42,47)/b9-7+,19-8+/t21-,27+,28-,29+,33+,35+,36-/m1/s1. The lowest BCUT2D eigenvalue weighted by Crippen LogP contribution is -2.53. The molecule has 3 aliphatic rings. The van der Waals surface area contributed by atoms with Gasteiger partial charge in [0.15, 0.2) is 0 Å². The third-order valence-electron chi connectivity index (χ3n) is 10.2. The van der Waals surface area contributed by atoms with Crippen molar-refractivity contribution in [1.29, 1.82) is 0 Å². The number of nitro groups is 1. The zero-order valence-corrected chi connectivity index (χ0v) is 31.1. The molecule has 2 amide bonds. The summed E-state index contributed by atoms with van der Waals surface area (Å²) >= 11 is 6.69. The van der Waals surface area contributed by atoms with Crippen molar-refractivity contribution in [2.24, 2.45) is 5.92 Å². The van der Waals surface area contributed by atoms with Gasteiger partial charge in [0.05, 0.1) is 40.1 Å². The van der Waals surface area contributed by atoms with Crippen LogP contribution < -0.4 is 10.2 Å². The first-order valence-electron chi connectivity index (χ1n) is 17.0. The first kappa shape index (κ1) is 40.7. The molecule has 5 rings (SSSR count). The Kier molecular flexibility index (Phi) is 11.5. The molecular formula is C37H41ClF3N3O10. The molecule has 0 unspecified atom stereocenters. The predicted molar refractivity (Wildman–Crippen MR) is 190 cm³/mol. The molecule has 2 N–H and O–H groups in total. The molecule has 3 heterocycles. The lowest BCUT2D eigenvalue weighted by Gasteiger charge is -2.41. The third kappa shape index (κ3) is 8.56. The number of alkyl halides is 3. The average molecular weight is 780 g/mol. The van der Waals surface area contributed by atoms with Gasteiger partial charge in [-0.05, 0) is 56.5 Å². The highest BCUT2D eigenvalue weighted by Crippen LogP contribution is 2.50. The maximum Gasteiger partial charge on any atom is 0.416 e. The number of allylic oxidation sites excluding steroid dienone is 3. The molecule has 7 atom stereocenters. The Morgan fingerprint density at radius 2 is 1.91 bits per heavy atom. The number of benzene rings is 2. The lowest BCUT2D eigenvalue weighted by atomic mass is 9.78. The highest BCUT2D eigenvalue weighted by molar-refractivity contribution is 6.34. The molecule has 54 heavy (non-hydrogen) atoms. The largest absolute Gasteiger partial charge is 0.462 e. The van der Waals surface area contributed by atoms with E-state index in [0.717, 1.165) is 17.2 Å². The van der Waals surface area contributed by atoms with Crippen LogP contribution in [0.1, 0.15) is 56.7 Å². The van der Waals surface area contributed by atoms with Gasteiger partial charge >= 0.3 is 18.2 Å². The quantitative estimate of drug-likeness (QED) is 0.145. The number of amides is 2. The molecule has 2 aromatic carbocycles. The first-order chi connectivity index (χ1) is 25.2. The van der Waals surface area contributed by atoms with Crippen LogP contribution >= 0.6 is 11.6 Å². The summed E-state index contributed by atoms with van der Waals surface area (Å²) < 4.78 is 63.0. The van der Waals surface area contributed by atoms with Crippen LogP contribution in [-0.4, -0.2) is 77.8 Å². The number of nitrogens with one attached hydrogen (secondary N) is 1. The minimum absolute atomic E-state index is 0.0454. The second-order valence-corrected chi connectivity index (χ2v) is 14.6. The van der Waals surface area contributed by atoms with Gasteiger partial charge < -0.3 is 29.0 Å². The fraction of sp³-hybridized carbons (Fsp3) is 0.486. The number of hydrogen-bond donors (Lipinski definition) is 2. The zero-order valence-electron chi connectivity index (χ0n) is 30.4. The van der Waals surface area contributed by atoms with Crippen LogP contribution in [0, 0.1) is 23.0 Å². The van der Waals surface area contributed by atoms with Gasteiger partial charge in [0, 0.05) is 32.6 Å². The number of esters is 1. The van der Waals surface area contributed by atoms with Crippen molar-refractivity contribution in [3.8, 4) is 0 Å². The molecule has 3 aliphatic heterocycles. The van der Waals surface area contributed by atoms with Crippen LogP contribution in [0.4, 0.5) is 35.0 Å². The van der Waals surface area contributed by atoms with Crippen molar-refractivity contribution in [2.45, 2.75) is 95.2 Å². The number of nitro benzene ring substituents is 1. The Hall–Kier alpha value is -4.51. The van der Waals surface area contributed by atoms with Crippen LogP contribution in [0.15, 0.2) is 54.1 Å². The molecule has 4 bridgehead atoms. The number of carbonyl (C=O) groups is 3. The molecule has 2 fully saturated rings. The second-order valence-electron chi connectivity index (χ2n) is 14.2. The number of fused-ring (bicyclic) bond motifs is 5. The van der Waals surface area contributed by atoms with E-state index in [4.69, 9.17) is 30.5 Å². The zero-order chi connectivity index (χ0) is 39.9. The molecule has 0 aliphatic carbocycles. The van der Waals surface area contributed by atoms with E-state index >= 15 is 0 Å². The van der Waals surface area contributed by atoms with Gasteiger partial charge in [-0.1, -0.05) is 48.4 Å². The maximum absolute atomic E-state index is 14.0. The summed E-state index contributed by atoms with van der Waals surface area (Å²) in [6, 6.07) is 5.20. The summed E-state index contributed by atoms with van der Waals surface area (Å²) in [6.07, 6.45) is -5.40. The van der Waals surface area contributed by atoms with E-state index in [2.05, 4.69) is 5.32 Å². The Morgan fingerprint density at radius 1 is 1.20 bits per heavy atom. The fourth-order valence-corrected chi connectivity index (χ4v) is 7.36. The van der Waals surface area contributed by atoms with Gasteiger partial charge in [-0.3, -0.25) is 25.0 Å². The van der Waals surface area contributed by atoms with Gasteiger partial charge in [-0.25, -0.2) is 4.79 Å². The van der Waals surface area contributed by atoms with E-state index in [0.29, 0.717) is 28.8 Å². The molecule has 2 aromatic rings. The van der Waals surface area contributed by atoms with Crippen LogP contribution in [0.3, 0.4) is 0 Å². The SMILES string of the molecule is CO[C@@H]1/C=C/C=C(\C)Cc2cc(C)c(Cl)c(c2)N(C)C(=O)C[C@H](OC(=O)Nc2ccc(C(F)(F)F)cc2[N+](=O)[O-])[C@]2(C)O[C@H]2[C@H](C)[C@@H]2C[C@@]1(O)CC(=O)O2. The molecule has 17 heteroatoms. The van der Waals surface area contributed by atoms with Gasteiger partial charge in [-0.2, -0.15) is 13.2 Å². The van der Waals surface area contributed by atoms with Crippen molar-refractivity contribution < 1.29 is 56.5 Å². The highest BCUT2D eigenvalue weighted by Gasteiger charge is 2.64. The number of halogens is 4. The summed E-state index contributed by atoms with van der Waals surface area (Å²) in [6.45, 7) is 6.95. The maximum atomic E-state index is 14.0. The van der Waals surface area contributed by atoms with Gasteiger partial charge in [0.1, 0.15) is 35.2 Å². The van der Waals surface area contributed by atoms with Crippen LogP contribution in [0.25, 0.3) is 0 Å². The van der Waals surface area contributed by atoms with E-state index in [9.17, 15) is 42.8 Å². The van der Waals surface area contributed by atoms with E-state index in [1.165, 1.54) is 19.1 Å². The van der Waals surface area contributed by atoms with Gasteiger partial charge in [-0.15, -0.1) is 0 Å². The minimum Gasteiger partial charge on any atom is -0.462 e. The smallest absolute Gasteiger partial charge is 0.416 e. The number of hydrogen-bond acceptors (Lipinski definition) is 10. The predicted octanol–water partition coefficient (Wildman–Crippen LogP) is 6.85. The van der Waals surface area contributed by atoms with Crippen molar-refractivity contribution in [1.82, 2.24) is 0 Å². The summed E-state index contributed by atoms with van der Waals surface area (Å²) in [5, 5.41) is 25.9. The number of rotatable bonds is 4. The second kappa shape index (κ2) is 15.3. The summed E-state index contributed by atoms with van der Waals surface area (Å²) in [5.41, 5.74) is -3.20. The number of anilines is 2. The van der Waals surface area contributed by atoms with Gasteiger partial charge in [0.25, 0.3) is 5.69 Å². The Bertz CT molecular complexity index is 1900. The number of nitrogens with zero attached hydrogens (tertiary/aromatic N) is 2. The van der Waals surface area contributed by atoms with Gasteiger partial charge in [0.2, 0.25) is 5.91 Å². The normalized spacial score (nSPS) is 30.7. The van der Waals surface area contributed by atoms with E-state index in [1.54, 1.807) is 39.0 Å². The third-order valence-corrected chi connectivity index (χ3v) is 10.7. The molecule has 292 valence electrons. The Morgan fingerprint density at radius 3 is 2.56 bits per heavy atom. The van der Waals surface area contributed by atoms with Crippen LogP contribution in [0.5, 0.6) is 0 Å². The first-order valence-corrected chi connectivity index (χ1v) is 17.4. The monoisotopic (exact) mass is 779 g/mol. The number of methoxy groups -OCH3 is 1. The number of aryl methyl sites for hydroxylation is 1. The molecule has 0 aromatic heterocycles. The number of epoxide rings is 1. The number of carbonyl (C=O) groups excluding carboxylic acids is 3. The lowest BCUT2D eigenvalue weighted by molar-refractivity contribution is -0.384. The summed E-state index contributed by atoms with van der Waals surface area (Å²) in [5.74, 6) is -1.88. The van der Waals surface area contributed by atoms with E-state index < -0.39 is 94.0 Å². The molecule has 13 nitrogen and oxygen atoms in total. The topological polar surface area (TPSA) is 170 Å². The van der Waals surface area contributed by atoms with Crippen molar-refractivity contribution in [3.05, 3.63) is 86.0 Å². The molecular weight excluding hydrogens is 739 g/mol. The Balaban J connectivity index is 1.53. The van der Waals surface area contributed by atoms with E-state index in [1.807, 2.05) is 19.1 Å². The summed E-state index contributed by atoms with van der Waals surface area (Å²) in [4.78, 5) is 52.2. The Labute approximate surface area is 314 Å². The van der Waals surface area contributed by atoms with Crippen molar-refractivity contribution in [2.75, 3.05) is 24.4 Å².